The van der Waals surface area contributed by atoms with Gasteiger partial charge in [0, 0.05) is 5.56 Å². The summed E-state index contributed by atoms with van der Waals surface area (Å²) in [5.41, 5.74) is 1.36. The zero-order valence-corrected chi connectivity index (χ0v) is 12.5. The van der Waals surface area contributed by atoms with Crippen molar-refractivity contribution in [3.63, 3.8) is 0 Å². The Balaban J connectivity index is 2.46. The predicted octanol–water partition coefficient (Wildman–Crippen LogP) is 1.11. The van der Waals surface area contributed by atoms with Crippen LogP contribution in [0.25, 0.3) is 11.4 Å². The van der Waals surface area contributed by atoms with E-state index in [-0.39, 0.29) is 6.54 Å². The van der Waals surface area contributed by atoms with E-state index in [1.807, 2.05) is 19.9 Å². The summed E-state index contributed by atoms with van der Waals surface area (Å²) in [7, 11) is 0. The molecule has 112 valence electrons. The number of tetrazole rings is 1. The molecule has 1 N–H and O–H groups in total. The van der Waals surface area contributed by atoms with Gasteiger partial charge in [0.2, 0.25) is 0 Å². The van der Waals surface area contributed by atoms with Gasteiger partial charge in [0.25, 0.3) is 0 Å². The van der Waals surface area contributed by atoms with Crippen LogP contribution in [0.5, 0.6) is 0 Å². The number of aryl methyl sites for hydroxylation is 2. The highest BCUT2D eigenvalue weighted by molar-refractivity contribution is 5.73. The lowest BCUT2D eigenvalue weighted by atomic mass is 9.94. The van der Waals surface area contributed by atoms with E-state index in [0.29, 0.717) is 12.2 Å². The van der Waals surface area contributed by atoms with Crippen LogP contribution in [0.2, 0.25) is 0 Å². The molecule has 21 heavy (non-hydrogen) atoms. The summed E-state index contributed by atoms with van der Waals surface area (Å²) in [6.45, 7) is 7.26. The molecule has 0 saturated heterocycles. The van der Waals surface area contributed by atoms with Crippen LogP contribution in [-0.4, -0.2) is 41.5 Å². The van der Waals surface area contributed by atoms with Crippen molar-refractivity contribution in [2.75, 3.05) is 0 Å². The maximum absolute atomic E-state index is 11.3. The van der Waals surface area contributed by atoms with Crippen molar-refractivity contribution in [1.82, 2.24) is 30.4 Å². The Morgan fingerprint density at radius 1 is 1.33 bits per heavy atom. The van der Waals surface area contributed by atoms with Gasteiger partial charge in [-0.25, -0.2) is 4.68 Å². The van der Waals surface area contributed by atoms with Crippen molar-refractivity contribution in [2.45, 2.75) is 40.7 Å². The Hall–Kier alpha value is -2.38. The molecule has 2 heterocycles. The summed E-state index contributed by atoms with van der Waals surface area (Å²) in [4.78, 5) is 11.3. The first-order valence-electron chi connectivity index (χ1n) is 6.68. The van der Waals surface area contributed by atoms with E-state index in [1.165, 1.54) is 4.68 Å². The largest absolute Gasteiger partial charge is 0.481 e. The van der Waals surface area contributed by atoms with Gasteiger partial charge in [-0.15, -0.1) is 5.10 Å². The summed E-state index contributed by atoms with van der Waals surface area (Å²) in [5, 5.41) is 29.0. The van der Waals surface area contributed by atoms with E-state index >= 15 is 0 Å². The molecule has 0 amide bonds. The number of aromatic nitrogens is 6. The van der Waals surface area contributed by atoms with Crippen LogP contribution in [0.3, 0.4) is 0 Å². The van der Waals surface area contributed by atoms with Crippen molar-refractivity contribution >= 4 is 5.97 Å². The van der Waals surface area contributed by atoms with Crippen molar-refractivity contribution in [2.24, 2.45) is 5.41 Å². The second-order valence-corrected chi connectivity index (χ2v) is 5.55. The van der Waals surface area contributed by atoms with E-state index < -0.39 is 11.4 Å². The Bertz CT molecular complexity index is 664. The molecule has 0 fully saturated rings. The first-order valence-corrected chi connectivity index (χ1v) is 6.68. The molecular formula is C13H18N6O2. The van der Waals surface area contributed by atoms with Crippen molar-refractivity contribution in [3.8, 4) is 11.4 Å². The lowest BCUT2D eigenvalue weighted by Crippen LogP contribution is -2.30. The van der Waals surface area contributed by atoms with Gasteiger partial charge >= 0.3 is 5.97 Å². The van der Waals surface area contributed by atoms with Gasteiger partial charge in [0.05, 0.1) is 23.3 Å². The normalized spacial score (nSPS) is 11.6. The summed E-state index contributed by atoms with van der Waals surface area (Å²) in [5.74, 6) is -0.386. The minimum Gasteiger partial charge on any atom is -0.481 e. The fraction of sp³-hybridized carbons (Fsp3) is 0.538. The molecule has 0 aliphatic carbocycles. The third-order valence-electron chi connectivity index (χ3n) is 3.22. The van der Waals surface area contributed by atoms with Crippen LogP contribution in [0.1, 0.15) is 32.2 Å². The second-order valence-electron chi connectivity index (χ2n) is 5.55. The monoisotopic (exact) mass is 290 g/mol. The van der Waals surface area contributed by atoms with Gasteiger partial charge in [-0.05, 0) is 43.7 Å². The number of carboxylic acids is 1. The van der Waals surface area contributed by atoms with Gasteiger partial charge in [0.1, 0.15) is 0 Å². The molecular weight excluding hydrogens is 272 g/mol. The molecule has 0 spiro atoms. The number of carboxylic acid groups (broad SMARTS) is 1. The number of carbonyl (C=O) groups is 1. The molecule has 0 aromatic carbocycles. The third kappa shape index (κ3) is 3.04. The Morgan fingerprint density at radius 2 is 2.05 bits per heavy atom. The fourth-order valence-electron chi connectivity index (χ4n) is 1.92. The minimum absolute atomic E-state index is 0.176. The zero-order valence-electron chi connectivity index (χ0n) is 12.5. The van der Waals surface area contributed by atoms with E-state index in [4.69, 9.17) is 0 Å². The Kier molecular flexibility index (Phi) is 3.97. The molecule has 2 rings (SSSR count). The molecule has 0 radical (unpaired) electrons. The fourth-order valence-corrected chi connectivity index (χ4v) is 1.92. The Labute approximate surface area is 122 Å². The summed E-state index contributed by atoms with van der Waals surface area (Å²) >= 11 is 0. The third-order valence-corrected chi connectivity index (χ3v) is 3.22. The van der Waals surface area contributed by atoms with Gasteiger partial charge < -0.3 is 5.11 Å². The van der Waals surface area contributed by atoms with Crippen LogP contribution < -0.4 is 0 Å². The van der Waals surface area contributed by atoms with Crippen LogP contribution in [0, 0.1) is 12.3 Å². The molecule has 0 unspecified atom stereocenters. The number of rotatable bonds is 5. The maximum atomic E-state index is 11.3. The summed E-state index contributed by atoms with van der Waals surface area (Å²) < 4.78 is 1.50. The van der Waals surface area contributed by atoms with E-state index in [9.17, 15) is 9.90 Å². The molecule has 8 heteroatoms. The average molecular weight is 290 g/mol. The van der Waals surface area contributed by atoms with Crippen molar-refractivity contribution < 1.29 is 9.90 Å². The highest BCUT2D eigenvalue weighted by atomic mass is 16.4. The lowest BCUT2D eigenvalue weighted by Gasteiger charge is -2.19. The van der Waals surface area contributed by atoms with Crippen LogP contribution in [0.4, 0.5) is 0 Å². The van der Waals surface area contributed by atoms with E-state index in [0.717, 1.165) is 17.0 Å². The predicted molar refractivity (Wildman–Crippen MR) is 74.4 cm³/mol. The zero-order chi connectivity index (χ0) is 15.6. The van der Waals surface area contributed by atoms with Crippen LogP contribution >= 0.6 is 0 Å². The minimum atomic E-state index is -0.966. The molecule has 0 aliphatic heterocycles. The maximum Gasteiger partial charge on any atom is 0.310 e. The summed E-state index contributed by atoms with van der Waals surface area (Å²) in [6.07, 6.45) is 0.692. The van der Waals surface area contributed by atoms with Gasteiger partial charge in [-0.2, -0.15) is 10.2 Å². The highest BCUT2D eigenvalue weighted by Gasteiger charge is 2.30. The molecule has 8 nitrogen and oxygen atoms in total. The van der Waals surface area contributed by atoms with Crippen molar-refractivity contribution in [1.29, 1.82) is 0 Å². The molecule has 2 aromatic heterocycles. The summed E-state index contributed by atoms with van der Waals surface area (Å²) in [6, 6.07) is 1.86. The van der Waals surface area contributed by atoms with E-state index in [2.05, 4.69) is 25.7 Å². The topological polar surface area (TPSA) is 107 Å². The van der Waals surface area contributed by atoms with Gasteiger partial charge in [0.15, 0.2) is 5.82 Å². The standard InChI is InChI=1S/C13H18N6O2/c1-5-10-9(6-8(2)14-15-10)11-16-17-18-19(11)7-13(3,4)12(20)21/h6H,5,7H2,1-4H3,(H,20,21). The van der Waals surface area contributed by atoms with Gasteiger partial charge in [-0.3, -0.25) is 4.79 Å². The first kappa shape index (κ1) is 15.0. The molecule has 0 saturated carbocycles. The van der Waals surface area contributed by atoms with Crippen LogP contribution in [0.15, 0.2) is 6.07 Å². The van der Waals surface area contributed by atoms with Gasteiger partial charge in [-0.1, -0.05) is 6.92 Å². The molecule has 0 bridgehead atoms. The SMILES string of the molecule is CCc1nnc(C)cc1-c1nnnn1CC(C)(C)C(=O)O. The van der Waals surface area contributed by atoms with Crippen molar-refractivity contribution in [3.05, 3.63) is 17.5 Å². The average Bonchev–Trinajstić information content (AvgIpc) is 2.85. The Morgan fingerprint density at radius 3 is 2.67 bits per heavy atom. The highest BCUT2D eigenvalue weighted by Crippen LogP contribution is 2.24. The lowest BCUT2D eigenvalue weighted by molar-refractivity contribution is -0.147. The quantitative estimate of drug-likeness (QED) is 0.878. The molecule has 0 aliphatic rings. The number of hydrogen-bond donors (Lipinski definition) is 1. The number of hydrogen-bond acceptors (Lipinski definition) is 6. The molecule has 2 aromatic rings. The number of aliphatic carboxylic acids is 1. The van der Waals surface area contributed by atoms with E-state index in [1.54, 1.807) is 13.8 Å². The first-order chi connectivity index (χ1) is 9.85. The number of nitrogens with zero attached hydrogens (tertiary/aromatic N) is 6. The smallest absolute Gasteiger partial charge is 0.310 e. The molecule has 0 atom stereocenters. The van der Waals surface area contributed by atoms with Crippen LogP contribution in [-0.2, 0) is 17.8 Å². The second kappa shape index (κ2) is 5.55.